The summed E-state index contributed by atoms with van der Waals surface area (Å²) in [6, 6.07) is 7.35. The van der Waals surface area contributed by atoms with Crippen molar-refractivity contribution in [3.8, 4) is 23.0 Å². The highest BCUT2D eigenvalue weighted by Crippen LogP contribution is 2.39. The van der Waals surface area contributed by atoms with E-state index in [9.17, 15) is 9.59 Å². The van der Waals surface area contributed by atoms with Gasteiger partial charge in [0.1, 0.15) is 23.0 Å². The van der Waals surface area contributed by atoms with Gasteiger partial charge in [-0.1, -0.05) is 39.1 Å². The second kappa shape index (κ2) is 9.73. The molecule has 29 heavy (non-hydrogen) atoms. The van der Waals surface area contributed by atoms with E-state index in [0.717, 1.165) is 34.4 Å². The van der Waals surface area contributed by atoms with Crippen LogP contribution in [0.15, 0.2) is 49.6 Å². The van der Waals surface area contributed by atoms with Crippen LogP contribution >= 0.6 is 0 Å². The lowest BCUT2D eigenvalue weighted by molar-refractivity contribution is -0.129. The van der Waals surface area contributed by atoms with E-state index in [1.165, 1.54) is 0 Å². The zero-order valence-corrected chi connectivity index (χ0v) is 17.3. The molecule has 152 valence electrons. The summed E-state index contributed by atoms with van der Waals surface area (Å²) in [7, 11) is 0. The topological polar surface area (TPSA) is 61.8 Å². The van der Waals surface area contributed by atoms with Gasteiger partial charge in [0.05, 0.1) is 0 Å². The smallest absolute Gasteiger partial charge is 0.335 e. The molecule has 0 aliphatic rings. The minimum absolute atomic E-state index is 0.471. The number of rotatable bonds is 8. The Morgan fingerprint density at radius 3 is 1.48 bits per heavy atom. The third kappa shape index (κ3) is 4.93. The zero-order chi connectivity index (χ0) is 21.6. The Labute approximate surface area is 171 Å². The molecule has 0 amide bonds. The Morgan fingerprint density at radius 1 is 0.793 bits per heavy atom. The molecule has 0 N–H and O–H groups in total. The standard InChI is InChI=1S/C24H26O5/c1-7-17-19(13-11-15(5)23(17)28-21(25)9-3)27-20-14-12-16(6)24(18(20)8-2)29-22(26)10-4/h9-14H,3-4,7-8H2,1-2,5-6H3. The van der Waals surface area contributed by atoms with Gasteiger partial charge >= 0.3 is 11.9 Å². The van der Waals surface area contributed by atoms with E-state index in [-0.39, 0.29) is 0 Å². The average molecular weight is 394 g/mol. The number of benzene rings is 2. The molecule has 0 unspecified atom stereocenters. The first-order valence-electron chi connectivity index (χ1n) is 9.47. The molecule has 2 aromatic carbocycles. The van der Waals surface area contributed by atoms with Crippen molar-refractivity contribution in [2.45, 2.75) is 40.5 Å². The van der Waals surface area contributed by atoms with Crippen LogP contribution in [0.25, 0.3) is 0 Å². The molecule has 0 bridgehead atoms. The Bertz CT molecular complexity index is 879. The van der Waals surface area contributed by atoms with Crippen LogP contribution in [0.2, 0.25) is 0 Å². The second-order valence-corrected chi connectivity index (χ2v) is 6.44. The first kappa shape index (κ1) is 22.0. The number of ether oxygens (including phenoxy) is 3. The molecule has 2 aromatic rings. The first-order valence-corrected chi connectivity index (χ1v) is 9.47. The van der Waals surface area contributed by atoms with Gasteiger partial charge in [0.2, 0.25) is 0 Å². The van der Waals surface area contributed by atoms with Gasteiger partial charge in [-0.15, -0.1) is 0 Å². The molecule has 0 heterocycles. The van der Waals surface area contributed by atoms with Gasteiger partial charge in [0.15, 0.2) is 0 Å². The van der Waals surface area contributed by atoms with Gasteiger partial charge in [0.25, 0.3) is 0 Å². The Balaban J connectivity index is 2.53. The summed E-state index contributed by atoms with van der Waals surface area (Å²) in [6.07, 6.45) is 3.45. The van der Waals surface area contributed by atoms with Crippen molar-refractivity contribution in [3.05, 3.63) is 71.8 Å². The molecule has 0 fully saturated rings. The maximum atomic E-state index is 11.7. The van der Waals surface area contributed by atoms with Gasteiger partial charge in [-0.3, -0.25) is 0 Å². The summed E-state index contributed by atoms with van der Waals surface area (Å²) in [4.78, 5) is 23.5. The number of hydrogen-bond acceptors (Lipinski definition) is 5. The van der Waals surface area contributed by atoms with E-state index < -0.39 is 11.9 Å². The van der Waals surface area contributed by atoms with Gasteiger partial charge < -0.3 is 14.2 Å². The fourth-order valence-corrected chi connectivity index (χ4v) is 3.00. The van der Waals surface area contributed by atoms with Crippen molar-refractivity contribution in [1.82, 2.24) is 0 Å². The third-order valence-electron chi connectivity index (χ3n) is 4.49. The minimum atomic E-state index is -0.525. The molecule has 0 aliphatic carbocycles. The van der Waals surface area contributed by atoms with Gasteiger partial charge in [-0.2, -0.15) is 0 Å². The fraction of sp³-hybridized carbons (Fsp3) is 0.250. The lowest BCUT2D eigenvalue weighted by Crippen LogP contribution is -2.09. The predicted molar refractivity (Wildman–Crippen MR) is 113 cm³/mol. The SMILES string of the molecule is C=CC(=O)Oc1c(C)ccc(Oc2ccc(C)c(OC(=O)C=C)c2CC)c1CC. The van der Waals surface area contributed by atoms with Gasteiger partial charge in [-0.25, -0.2) is 9.59 Å². The van der Waals surface area contributed by atoms with Gasteiger partial charge in [0, 0.05) is 23.3 Å². The minimum Gasteiger partial charge on any atom is -0.457 e. The molecule has 0 saturated carbocycles. The van der Waals surface area contributed by atoms with Crippen LogP contribution in [0.1, 0.15) is 36.1 Å². The van der Waals surface area contributed by atoms with E-state index >= 15 is 0 Å². The molecular formula is C24H26O5. The van der Waals surface area contributed by atoms with Gasteiger partial charge in [-0.05, 0) is 49.9 Å². The average Bonchev–Trinajstić information content (AvgIpc) is 2.72. The van der Waals surface area contributed by atoms with Crippen molar-refractivity contribution in [1.29, 1.82) is 0 Å². The number of aryl methyl sites for hydroxylation is 2. The molecule has 0 spiro atoms. The van der Waals surface area contributed by atoms with E-state index in [1.807, 2.05) is 52.0 Å². The van der Waals surface area contributed by atoms with Crippen molar-refractivity contribution in [2.75, 3.05) is 0 Å². The molecule has 0 radical (unpaired) electrons. The molecule has 0 aromatic heterocycles. The van der Waals surface area contributed by atoms with Crippen LogP contribution in [-0.2, 0) is 22.4 Å². The molecular weight excluding hydrogens is 368 g/mol. The fourth-order valence-electron chi connectivity index (χ4n) is 3.00. The summed E-state index contributed by atoms with van der Waals surface area (Å²) in [5, 5.41) is 0. The number of carbonyl (C=O) groups is 2. The maximum Gasteiger partial charge on any atom is 0.335 e. The largest absolute Gasteiger partial charge is 0.457 e. The highest BCUT2D eigenvalue weighted by atomic mass is 16.5. The summed E-state index contributed by atoms with van der Waals surface area (Å²) >= 11 is 0. The van der Waals surface area contributed by atoms with E-state index in [4.69, 9.17) is 14.2 Å². The highest BCUT2D eigenvalue weighted by molar-refractivity contribution is 5.84. The van der Waals surface area contributed by atoms with E-state index in [1.54, 1.807) is 0 Å². The van der Waals surface area contributed by atoms with Crippen molar-refractivity contribution in [2.24, 2.45) is 0 Å². The van der Waals surface area contributed by atoms with Crippen LogP contribution in [-0.4, -0.2) is 11.9 Å². The van der Waals surface area contributed by atoms with Crippen molar-refractivity contribution < 1.29 is 23.8 Å². The summed E-state index contributed by atoms with van der Waals surface area (Å²) in [5.74, 6) is 1.04. The monoisotopic (exact) mass is 394 g/mol. The Kier molecular flexibility index (Phi) is 7.37. The Hall–Kier alpha value is -3.34. The molecule has 5 nitrogen and oxygen atoms in total. The quantitative estimate of drug-likeness (QED) is 0.341. The third-order valence-corrected chi connectivity index (χ3v) is 4.49. The van der Waals surface area contributed by atoms with Crippen molar-refractivity contribution >= 4 is 11.9 Å². The van der Waals surface area contributed by atoms with Crippen molar-refractivity contribution in [3.63, 3.8) is 0 Å². The number of hydrogen-bond donors (Lipinski definition) is 0. The number of esters is 2. The summed E-state index contributed by atoms with van der Waals surface area (Å²) < 4.78 is 17.1. The molecule has 2 rings (SSSR count). The predicted octanol–water partition coefficient (Wildman–Crippen LogP) is 5.40. The van der Waals surface area contributed by atoms with Crippen LogP contribution in [0.3, 0.4) is 0 Å². The highest BCUT2D eigenvalue weighted by Gasteiger charge is 2.19. The normalized spacial score (nSPS) is 10.2. The van der Waals surface area contributed by atoms with E-state index in [0.29, 0.717) is 35.8 Å². The molecule has 0 saturated heterocycles. The summed E-state index contributed by atoms with van der Waals surface area (Å²) in [5.41, 5.74) is 3.19. The molecule has 5 heteroatoms. The van der Waals surface area contributed by atoms with Crippen LogP contribution < -0.4 is 14.2 Å². The molecule has 0 atom stereocenters. The zero-order valence-electron chi connectivity index (χ0n) is 17.3. The van der Waals surface area contributed by atoms with Crippen LogP contribution in [0.5, 0.6) is 23.0 Å². The summed E-state index contributed by atoms with van der Waals surface area (Å²) in [6.45, 7) is 14.5. The maximum absolute atomic E-state index is 11.7. The first-order chi connectivity index (χ1) is 13.9. The lowest BCUT2D eigenvalue weighted by atomic mass is 10.0. The van der Waals surface area contributed by atoms with Crippen LogP contribution in [0.4, 0.5) is 0 Å². The number of carbonyl (C=O) groups excluding carboxylic acids is 2. The Morgan fingerprint density at radius 2 is 1.17 bits per heavy atom. The lowest BCUT2D eigenvalue weighted by Gasteiger charge is -2.19. The van der Waals surface area contributed by atoms with E-state index in [2.05, 4.69) is 13.2 Å². The molecule has 0 aliphatic heterocycles. The second-order valence-electron chi connectivity index (χ2n) is 6.44. The van der Waals surface area contributed by atoms with Crippen LogP contribution in [0, 0.1) is 13.8 Å².